The first-order valence-electron chi connectivity index (χ1n) is 4.31. The lowest BCUT2D eigenvalue weighted by molar-refractivity contribution is -0.138. The summed E-state index contributed by atoms with van der Waals surface area (Å²) in [5.41, 5.74) is 0. The van der Waals surface area contributed by atoms with E-state index >= 15 is 0 Å². The second-order valence-corrected chi connectivity index (χ2v) is 2.45. The van der Waals surface area contributed by atoms with Crippen molar-refractivity contribution in [3.63, 3.8) is 0 Å². The van der Waals surface area contributed by atoms with E-state index in [1.807, 2.05) is 0 Å². The van der Waals surface area contributed by atoms with Gasteiger partial charge in [-0.25, -0.2) is 4.79 Å². The van der Waals surface area contributed by atoms with Gasteiger partial charge < -0.3 is 19.4 Å². The Morgan fingerprint density at radius 3 is 2.62 bits per heavy atom. The molecule has 0 saturated heterocycles. The lowest BCUT2D eigenvalue weighted by Gasteiger charge is -2.06. The number of hydrogen-bond donors (Lipinski definition) is 1. The minimum Gasteiger partial charge on any atom is -0.480 e. The van der Waals surface area contributed by atoms with E-state index in [9.17, 15) is 9.59 Å². The minimum atomic E-state index is -1.05. The number of carbonyl (C=O) groups excluding carboxylic acids is 1. The summed E-state index contributed by atoms with van der Waals surface area (Å²) in [6.45, 7) is 1.05. The maximum absolute atomic E-state index is 10.6. The van der Waals surface area contributed by atoms with Crippen LogP contribution in [-0.2, 0) is 19.1 Å². The fraction of sp³-hybridized carbons (Fsp3) is 0.714. The van der Waals surface area contributed by atoms with Crippen molar-refractivity contribution in [2.24, 2.45) is 10.5 Å². The summed E-state index contributed by atoms with van der Waals surface area (Å²) in [7, 11) is 1.40. The molecule has 0 atom stereocenters. The Morgan fingerprint density at radius 2 is 2.06 bits per heavy atom. The first kappa shape index (κ1) is 13.9. The molecule has 16 heavy (non-hydrogen) atoms. The molecule has 0 aromatic heterocycles. The van der Waals surface area contributed by atoms with Crippen molar-refractivity contribution in [3.05, 3.63) is 0 Å². The van der Waals surface area contributed by atoms with E-state index in [2.05, 4.69) is 24.8 Å². The third-order valence-corrected chi connectivity index (χ3v) is 1.10. The smallest absolute Gasteiger partial charge is 0.480 e. The molecular formula is C7H13N3O6. The highest BCUT2D eigenvalue weighted by molar-refractivity contribution is 5.68. The van der Waals surface area contributed by atoms with Gasteiger partial charge in [-0.2, -0.15) is 0 Å². The molecule has 0 heterocycles. The zero-order chi connectivity index (χ0) is 12.4. The number of carbonyl (C=O) groups is 2. The van der Waals surface area contributed by atoms with E-state index in [-0.39, 0.29) is 13.2 Å². The van der Waals surface area contributed by atoms with Crippen LogP contribution in [0.1, 0.15) is 6.92 Å². The molecule has 0 aliphatic carbocycles. The lowest BCUT2D eigenvalue weighted by atomic mass is 10.7. The number of hydrogen-bond acceptors (Lipinski definition) is 7. The van der Waals surface area contributed by atoms with Crippen LogP contribution in [0, 0.1) is 0 Å². The van der Waals surface area contributed by atoms with Gasteiger partial charge in [0, 0.05) is 12.3 Å². The molecule has 9 heteroatoms. The van der Waals surface area contributed by atoms with Crippen molar-refractivity contribution in [3.8, 4) is 0 Å². The van der Waals surface area contributed by atoms with E-state index in [0.29, 0.717) is 0 Å². The van der Waals surface area contributed by atoms with Crippen molar-refractivity contribution in [1.82, 2.24) is 5.01 Å². The van der Waals surface area contributed by atoms with Gasteiger partial charge in [0.1, 0.15) is 6.54 Å². The molecule has 0 bridgehead atoms. The maximum atomic E-state index is 10.6. The Morgan fingerprint density at radius 1 is 1.38 bits per heavy atom. The highest BCUT2D eigenvalue weighted by Crippen LogP contribution is 1.89. The molecule has 0 aromatic rings. The fourth-order valence-corrected chi connectivity index (χ4v) is 0.573. The molecule has 0 spiro atoms. The third-order valence-electron chi connectivity index (χ3n) is 1.10. The van der Waals surface area contributed by atoms with Crippen LogP contribution in [0.4, 0.5) is 4.79 Å². The Balaban J connectivity index is 3.53. The van der Waals surface area contributed by atoms with Crippen LogP contribution in [0.3, 0.4) is 0 Å². The quantitative estimate of drug-likeness (QED) is 0.224. The molecular weight excluding hydrogens is 222 g/mol. The van der Waals surface area contributed by atoms with Gasteiger partial charge in [-0.15, -0.1) is 0 Å². The average Bonchev–Trinajstić information content (AvgIpc) is 2.16. The highest BCUT2D eigenvalue weighted by atomic mass is 16.8. The predicted octanol–water partition coefficient (Wildman–Crippen LogP) is 0.432. The predicted molar refractivity (Wildman–Crippen MR) is 49.2 cm³/mol. The van der Waals surface area contributed by atoms with Crippen molar-refractivity contribution >= 4 is 12.1 Å². The standard InChI is InChI=1S/C7H13N3O6/c1-3-14-7(13)15-5-16-9-8-10(2)4-6(11)12/h3-5H2,1-2H3,(H,11,12)/b9-8-. The van der Waals surface area contributed by atoms with Gasteiger partial charge in [0.2, 0.25) is 0 Å². The second kappa shape index (κ2) is 8.26. The Bertz CT molecular complexity index is 257. The zero-order valence-electron chi connectivity index (χ0n) is 8.95. The zero-order valence-corrected chi connectivity index (χ0v) is 8.95. The van der Waals surface area contributed by atoms with Gasteiger partial charge >= 0.3 is 12.1 Å². The Labute approximate surface area is 91.5 Å². The highest BCUT2D eigenvalue weighted by Gasteiger charge is 2.02. The van der Waals surface area contributed by atoms with Gasteiger partial charge in [0.25, 0.3) is 6.79 Å². The van der Waals surface area contributed by atoms with Crippen LogP contribution in [-0.4, -0.2) is 49.2 Å². The summed E-state index contributed by atoms with van der Waals surface area (Å²) < 4.78 is 8.79. The molecule has 0 amide bonds. The summed E-state index contributed by atoms with van der Waals surface area (Å²) in [6, 6.07) is 0. The fourth-order valence-electron chi connectivity index (χ4n) is 0.573. The van der Waals surface area contributed by atoms with Gasteiger partial charge in [-0.3, -0.25) is 9.80 Å². The van der Waals surface area contributed by atoms with Crippen LogP contribution >= 0.6 is 0 Å². The molecule has 92 valence electrons. The van der Waals surface area contributed by atoms with Gasteiger partial charge in [0.05, 0.1) is 6.61 Å². The van der Waals surface area contributed by atoms with Crippen molar-refractivity contribution in [2.75, 3.05) is 27.0 Å². The largest absolute Gasteiger partial charge is 0.511 e. The lowest BCUT2D eigenvalue weighted by Crippen LogP contribution is -2.19. The summed E-state index contributed by atoms with van der Waals surface area (Å²) >= 11 is 0. The van der Waals surface area contributed by atoms with Crippen molar-refractivity contribution in [1.29, 1.82) is 0 Å². The Kier molecular flexibility index (Phi) is 7.20. The molecule has 0 fully saturated rings. The first-order chi connectivity index (χ1) is 7.56. The number of carboxylic acids is 1. The van der Waals surface area contributed by atoms with E-state index in [1.165, 1.54) is 7.05 Å². The monoisotopic (exact) mass is 235 g/mol. The van der Waals surface area contributed by atoms with Gasteiger partial charge in [-0.1, -0.05) is 0 Å². The molecule has 0 aliphatic rings. The van der Waals surface area contributed by atoms with E-state index < -0.39 is 18.9 Å². The third kappa shape index (κ3) is 8.53. The van der Waals surface area contributed by atoms with E-state index in [4.69, 9.17) is 5.11 Å². The maximum Gasteiger partial charge on any atom is 0.511 e. The SMILES string of the molecule is CCOC(=O)OCO/N=N\N(C)CC(=O)O. The molecule has 0 aromatic carbocycles. The number of likely N-dealkylation sites (N-methyl/N-ethyl adjacent to an activating group) is 1. The molecule has 1 N–H and O–H groups in total. The number of carboxylic acid groups (broad SMARTS) is 1. The summed E-state index contributed by atoms with van der Waals surface area (Å²) in [6.07, 6.45) is -0.878. The Hall–Kier alpha value is -2.06. The number of aliphatic carboxylic acids is 1. The average molecular weight is 235 g/mol. The number of rotatable bonds is 7. The van der Waals surface area contributed by atoms with Gasteiger partial charge in [0.15, 0.2) is 0 Å². The van der Waals surface area contributed by atoms with Crippen LogP contribution in [0.25, 0.3) is 0 Å². The van der Waals surface area contributed by atoms with E-state index in [0.717, 1.165) is 5.01 Å². The number of ether oxygens (including phenoxy) is 2. The molecule has 0 rings (SSSR count). The summed E-state index contributed by atoms with van der Waals surface area (Å²) in [5, 5.41) is 15.8. The number of nitrogens with zero attached hydrogens (tertiary/aromatic N) is 3. The molecule has 0 radical (unpaired) electrons. The topological polar surface area (TPSA) is 110 Å². The van der Waals surface area contributed by atoms with Crippen LogP contribution in [0.5, 0.6) is 0 Å². The van der Waals surface area contributed by atoms with Gasteiger partial charge in [-0.05, 0) is 12.1 Å². The molecule has 9 nitrogen and oxygen atoms in total. The normalized spacial score (nSPS) is 9.88. The molecule has 0 saturated carbocycles. The minimum absolute atomic E-state index is 0.196. The van der Waals surface area contributed by atoms with Crippen LogP contribution in [0.2, 0.25) is 0 Å². The summed E-state index contributed by atoms with van der Waals surface area (Å²) in [5.74, 6) is -1.05. The van der Waals surface area contributed by atoms with E-state index in [1.54, 1.807) is 6.92 Å². The first-order valence-corrected chi connectivity index (χ1v) is 4.31. The summed E-state index contributed by atoms with van der Waals surface area (Å²) in [4.78, 5) is 25.2. The molecule has 0 unspecified atom stereocenters. The van der Waals surface area contributed by atoms with Crippen LogP contribution < -0.4 is 0 Å². The van der Waals surface area contributed by atoms with Crippen LogP contribution in [0.15, 0.2) is 10.5 Å². The second-order valence-electron chi connectivity index (χ2n) is 2.45. The molecule has 0 aliphatic heterocycles. The van der Waals surface area contributed by atoms with Crippen molar-refractivity contribution in [2.45, 2.75) is 6.92 Å². The van der Waals surface area contributed by atoms with Crippen molar-refractivity contribution < 1.29 is 29.0 Å².